The van der Waals surface area contributed by atoms with Crippen molar-refractivity contribution < 1.29 is 18.4 Å². The number of aromatic amines is 2. The van der Waals surface area contributed by atoms with E-state index in [2.05, 4.69) is 71.0 Å². The Labute approximate surface area is 461 Å². The van der Waals surface area contributed by atoms with E-state index in [-0.39, 0.29) is 34.7 Å². The Bertz CT molecular complexity index is 3240. The Morgan fingerprint density at radius 3 is 1.27 bits per heavy atom. The number of H-pyrrole nitrogens is 2. The van der Waals surface area contributed by atoms with Crippen molar-refractivity contribution in [3.05, 3.63) is 131 Å². The summed E-state index contributed by atoms with van der Waals surface area (Å²) in [7, 11) is 0. The fraction of sp³-hybridized carbons (Fsp3) is 0.429. The fourth-order valence-electron chi connectivity index (χ4n) is 11.7. The zero-order chi connectivity index (χ0) is 55.7. The molecule has 22 nitrogen and oxygen atoms in total. The lowest BCUT2D eigenvalue weighted by Crippen LogP contribution is -2.54. The highest BCUT2D eigenvalue weighted by Crippen LogP contribution is 2.45. The summed E-state index contributed by atoms with van der Waals surface area (Å²) in [6.45, 7) is 16.2. The monoisotopic (exact) mass is 1090 g/mol. The van der Waals surface area contributed by atoms with E-state index < -0.39 is 11.6 Å². The summed E-state index contributed by atoms with van der Waals surface area (Å²) in [6, 6.07) is 14.9. The van der Waals surface area contributed by atoms with Crippen molar-refractivity contribution in [3.8, 4) is 11.6 Å². The molecule has 0 bridgehead atoms. The summed E-state index contributed by atoms with van der Waals surface area (Å²) < 4.78 is 29.5. The molecule has 80 heavy (non-hydrogen) atoms. The predicted octanol–water partition coefficient (Wildman–Crippen LogP) is 8.50. The zero-order valence-corrected chi connectivity index (χ0v) is 45.9. The zero-order valence-electron chi connectivity index (χ0n) is 45.9. The normalized spacial score (nSPS) is 17.9. The van der Waals surface area contributed by atoms with Gasteiger partial charge in [0.05, 0.1) is 47.7 Å². The first-order chi connectivity index (χ1) is 38.6. The average Bonchev–Trinajstić information content (AvgIpc) is 4.33. The number of amides is 2. The van der Waals surface area contributed by atoms with Crippen LogP contribution in [-0.2, 0) is 9.59 Å². The van der Waals surface area contributed by atoms with Crippen LogP contribution >= 0.6 is 0 Å². The molecule has 0 aromatic carbocycles. The van der Waals surface area contributed by atoms with Gasteiger partial charge in [-0.15, -0.1) is 0 Å². The van der Waals surface area contributed by atoms with Gasteiger partial charge in [-0.2, -0.15) is 30.4 Å². The summed E-state index contributed by atoms with van der Waals surface area (Å²) in [5.74, 6) is 4.81. The molecular weight excluding hydrogens is 1020 g/mol. The third-order valence-corrected chi connectivity index (χ3v) is 16.2. The molecule has 4 N–H and O–H groups in total. The van der Waals surface area contributed by atoms with Gasteiger partial charge in [0.1, 0.15) is 11.6 Å². The molecule has 4 fully saturated rings. The molecule has 416 valence electrons. The molecule has 24 heteroatoms. The van der Waals surface area contributed by atoms with Crippen molar-refractivity contribution in [3.63, 3.8) is 0 Å². The molecule has 4 aliphatic heterocycles. The maximum absolute atomic E-state index is 13.9. The molecule has 0 unspecified atom stereocenters. The van der Waals surface area contributed by atoms with Crippen LogP contribution in [0.4, 0.5) is 43.9 Å². The molecule has 2 atom stereocenters. The molecule has 8 aromatic heterocycles. The number of likely N-dealkylation sites (tertiary alicyclic amines) is 2. The van der Waals surface area contributed by atoms with Crippen molar-refractivity contribution in [1.82, 2.24) is 79.7 Å². The molecule has 0 radical (unpaired) electrons. The molecule has 8 aromatic rings. The van der Waals surface area contributed by atoms with Gasteiger partial charge in [0.2, 0.25) is 23.7 Å². The van der Waals surface area contributed by atoms with Gasteiger partial charge in [0.15, 0.2) is 34.9 Å². The molecule has 2 spiro atoms. The van der Waals surface area contributed by atoms with Crippen LogP contribution in [0.5, 0.6) is 0 Å². The predicted molar refractivity (Wildman–Crippen MR) is 296 cm³/mol. The second-order valence-corrected chi connectivity index (χ2v) is 21.7. The Balaban J connectivity index is 0.000000169. The molecule has 12 rings (SSSR count). The first-order valence-corrected chi connectivity index (χ1v) is 27.3. The Hall–Kier alpha value is -8.70. The second kappa shape index (κ2) is 22.2. The molecule has 0 saturated carbocycles. The quantitative estimate of drug-likeness (QED) is 0.0896. The van der Waals surface area contributed by atoms with Crippen LogP contribution in [0.1, 0.15) is 111 Å². The number of hydrogen-bond acceptors (Lipinski definition) is 16. The highest BCUT2D eigenvalue weighted by Gasteiger charge is 2.48. The second-order valence-electron chi connectivity index (χ2n) is 21.7. The molecule has 2 amide bonds. The molecule has 4 saturated heterocycles. The molecular formula is C56H66F2N20O2. The highest BCUT2D eigenvalue weighted by atomic mass is 19.1. The molecule has 4 aliphatic rings. The van der Waals surface area contributed by atoms with E-state index in [0.29, 0.717) is 46.8 Å². The van der Waals surface area contributed by atoms with Gasteiger partial charge in [0, 0.05) is 98.7 Å². The lowest BCUT2D eigenvalue weighted by molar-refractivity contribution is -0.151. The lowest BCUT2D eigenvalue weighted by atomic mass is 9.71. The van der Waals surface area contributed by atoms with E-state index in [9.17, 15) is 18.4 Å². The van der Waals surface area contributed by atoms with Crippen molar-refractivity contribution in [2.75, 3.05) is 59.7 Å². The van der Waals surface area contributed by atoms with Crippen molar-refractivity contribution in [2.45, 2.75) is 105 Å². The van der Waals surface area contributed by atoms with E-state index in [0.717, 1.165) is 137 Å². The standard InChI is InChI=1S/2C28H33FN10O/c2*1-18-13-23(33-24-14-19(2)35-36-24)34-27(32-18)37-11-8-28(9-12-37)7-4-10-38(26(28)40)20(3)21-5-6-25(30-15-21)39-17-22(29)16-31-39/h2*5-6,13-17,20H,4,7-12H2,1-3H3,(H2,32,33,34,35,36)/t2*20-/m10/s1. The Morgan fingerprint density at radius 2 is 0.938 bits per heavy atom. The van der Waals surface area contributed by atoms with Crippen LogP contribution < -0.4 is 20.4 Å². The minimum atomic E-state index is -0.412. The van der Waals surface area contributed by atoms with Crippen LogP contribution in [-0.4, -0.2) is 131 Å². The molecule has 12 heterocycles. The Kier molecular flexibility index (Phi) is 14.8. The topological polar surface area (TPSA) is 241 Å². The van der Waals surface area contributed by atoms with Crippen LogP contribution in [0.2, 0.25) is 0 Å². The summed E-state index contributed by atoms with van der Waals surface area (Å²) >= 11 is 0. The number of halogens is 2. The van der Waals surface area contributed by atoms with Gasteiger partial charge in [-0.3, -0.25) is 19.8 Å². The summed E-state index contributed by atoms with van der Waals surface area (Å²) in [5, 5.41) is 28.8. The number of aryl methyl sites for hydroxylation is 4. The number of carbonyl (C=O) groups is 2. The fourth-order valence-corrected chi connectivity index (χ4v) is 11.7. The van der Waals surface area contributed by atoms with Gasteiger partial charge in [0.25, 0.3) is 0 Å². The number of nitrogens with zero attached hydrogens (tertiary/aromatic N) is 16. The smallest absolute Gasteiger partial charge is 0.229 e. The summed E-state index contributed by atoms with van der Waals surface area (Å²) in [6.07, 6.45) is 15.1. The van der Waals surface area contributed by atoms with E-state index in [4.69, 9.17) is 9.97 Å². The van der Waals surface area contributed by atoms with Crippen molar-refractivity contribution >= 4 is 47.0 Å². The van der Waals surface area contributed by atoms with E-state index in [1.54, 1.807) is 24.5 Å². The van der Waals surface area contributed by atoms with Crippen LogP contribution in [0.15, 0.2) is 85.7 Å². The molecule has 0 aliphatic carbocycles. The van der Waals surface area contributed by atoms with E-state index in [1.165, 1.54) is 21.8 Å². The van der Waals surface area contributed by atoms with Crippen LogP contribution in [0.3, 0.4) is 0 Å². The third-order valence-electron chi connectivity index (χ3n) is 16.2. The van der Waals surface area contributed by atoms with E-state index >= 15 is 0 Å². The number of rotatable bonds is 12. The minimum absolute atomic E-state index is 0.113. The van der Waals surface area contributed by atoms with Gasteiger partial charge in [-0.25, -0.2) is 38.1 Å². The highest BCUT2D eigenvalue weighted by molar-refractivity contribution is 5.85. The largest absolute Gasteiger partial charge is 0.341 e. The minimum Gasteiger partial charge on any atom is -0.341 e. The lowest BCUT2D eigenvalue weighted by Gasteiger charge is -2.48. The Morgan fingerprint density at radius 1 is 0.525 bits per heavy atom. The van der Waals surface area contributed by atoms with Crippen LogP contribution in [0.25, 0.3) is 11.6 Å². The number of piperidine rings is 4. The third kappa shape index (κ3) is 11.3. The van der Waals surface area contributed by atoms with Gasteiger partial charge in [-0.1, -0.05) is 12.1 Å². The number of carbonyl (C=O) groups excluding carboxylic acids is 2. The number of anilines is 6. The summed E-state index contributed by atoms with van der Waals surface area (Å²) in [5.41, 5.74) is 4.81. The maximum Gasteiger partial charge on any atom is 0.229 e. The van der Waals surface area contributed by atoms with Gasteiger partial charge >= 0.3 is 0 Å². The van der Waals surface area contributed by atoms with E-state index in [1.807, 2.05) is 87.7 Å². The van der Waals surface area contributed by atoms with Crippen molar-refractivity contribution in [1.29, 1.82) is 0 Å². The first-order valence-electron chi connectivity index (χ1n) is 27.3. The SMILES string of the molecule is Cc1cc(Nc2cc(C)[nH]n2)nc(N2CCC3(CCCN([C@@H](C)c4ccc(-n5cc(F)cn5)nc4)C3=O)CC2)n1.Cc1cc(Nc2cc(C)[nH]n2)nc(N2CCC3(CCCN([C@H](C)c4ccc(-n5cc(F)cn5)nc4)C3=O)CC2)n1. The van der Waals surface area contributed by atoms with Crippen LogP contribution in [0, 0.1) is 50.2 Å². The maximum atomic E-state index is 13.9. The number of aromatic nitrogens is 14. The number of hydrogen-bond donors (Lipinski definition) is 4. The number of pyridine rings is 2. The van der Waals surface area contributed by atoms with Gasteiger partial charge in [-0.05, 0) is 116 Å². The average molecular weight is 1090 g/mol. The number of nitrogens with one attached hydrogen (secondary N) is 4. The van der Waals surface area contributed by atoms with Gasteiger partial charge < -0.3 is 30.2 Å². The first kappa shape index (κ1) is 53.3. The summed E-state index contributed by atoms with van der Waals surface area (Å²) in [4.78, 5) is 64.0. The van der Waals surface area contributed by atoms with Crippen molar-refractivity contribution in [2.24, 2.45) is 10.8 Å².